The van der Waals surface area contributed by atoms with Gasteiger partial charge in [-0.15, -0.1) is 24.0 Å². The molecule has 0 unspecified atom stereocenters. The van der Waals surface area contributed by atoms with Crippen LogP contribution in [-0.2, 0) is 16.0 Å². The molecule has 26 heavy (non-hydrogen) atoms. The zero-order valence-corrected chi connectivity index (χ0v) is 17.7. The maximum absolute atomic E-state index is 8.81. The first kappa shape index (κ1) is 22.7. The smallest absolute Gasteiger partial charge is 0.191 e. The predicted octanol–water partition coefficient (Wildman–Crippen LogP) is 2.67. The quantitative estimate of drug-likeness (QED) is 0.263. The van der Waals surface area contributed by atoms with E-state index in [1.807, 2.05) is 24.3 Å². The van der Waals surface area contributed by atoms with Crippen molar-refractivity contribution in [3.63, 3.8) is 0 Å². The molecule has 1 aliphatic heterocycles. The van der Waals surface area contributed by atoms with Gasteiger partial charge in [0.05, 0.1) is 11.6 Å². The van der Waals surface area contributed by atoms with Crippen molar-refractivity contribution in [2.45, 2.75) is 25.8 Å². The summed E-state index contributed by atoms with van der Waals surface area (Å²) in [4.78, 5) is 4.22. The number of halogens is 1. The van der Waals surface area contributed by atoms with Crippen molar-refractivity contribution in [3.05, 3.63) is 35.4 Å². The van der Waals surface area contributed by atoms with Crippen molar-refractivity contribution >= 4 is 29.9 Å². The Balaban J connectivity index is 0.00000338. The normalized spacial score (nSPS) is 15.0. The van der Waals surface area contributed by atoms with Gasteiger partial charge in [-0.05, 0) is 42.9 Å². The number of hydrogen-bond acceptors (Lipinski definition) is 4. The number of aliphatic imine (C=N–C) groups is 1. The number of rotatable bonds is 8. The van der Waals surface area contributed by atoms with Crippen LogP contribution in [0.15, 0.2) is 29.3 Å². The van der Waals surface area contributed by atoms with E-state index in [0.29, 0.717) is 18.0 Å². The molecule has 144 valence electrons. The summed E-state index contributed by atoms with van der Waals surface area (Å²) in [5, 5.41) is 15.4. The molecule has 0 bridgehead atoms. The minimum atomic E-state index is 0. The largest absolute Gasteiger partial charge is 0.381 e. The van der Waals surface area contributed by atoms with Gasteiger partial charge in [-0.1, -0.05) is 12.1 Å². The van der Waals surface area contributed by atoms with Crippen molar-refractivity contribution in [1.29, 1.82) is 5.26 Å². The number of nitriles is 1. The minimum Gasteiger partial charge on any atom is -0.381 e. The molecule has 1 aromatic rings. The van der Waals surface area contributed by atoms with Crippen molar-refractivity contribution in [3.8, 4) is 6.07 Å². The molecule has 1 saturated heterocycles. The van der Waals surface area contributed by atoms with Gasteiger partial charge in [0.2, 0.25) is 0 Å². The molecule has 0 atom stereocenters. The standard InChI is InChI=1S/C19H28N4O2.HI/c1-21-19(23-14-17-5-3-16(13-20)4-6-17)22-9-2-10-25-15-18-7-11-24-12-8-18;/h3-6,18H,2,7-12,14-15H2,1H3,(H2,21,22,23);1H. The lowest BCUT2D eigenvalue weighted by Crippen LogP contribution is -2.37. The van der Waals surface area contributed by atoms with Crippen LogP contribution in [-0.4, -0.2) is 46.0 Å². The van der Waals surface area contributed by atoms with Gasteiger partial charge in [-0.3, -0.25) is 4.99 Å². The summed E-state index contributed by atoms with van der Waals surface area (Å²) in [6.45, 7) is 4.84. The second-order valence-corrected chi connectivity index (χ2v) is 6.15. The number of nitrogens with one attached hydrogen (secondary N) is 2. The maximum atomic E-state index is 8.81. The Morgan fingerprint density at radius 2 is 2.00 bits per heavy atom. The number of hydrogen-bond donors (Lipinski definition) is 2. The van der Waals surface area contributed by atoms with Gasteiger partial charge >= 0.3 is 0 Å². The zero-order valence-electron chi connectivity index (χ0n) is 15.4. The molecule has 0 amide bonds. The van der Waals surface area contributed by atoms with Gasteiger partial charge in [0, 0.05) is 46.6 Å². The lowest BCUT2D eigenvalue weighted by Gasteiger charge is -2.21. The van der Waals surface area contributed by atoms with E-state index in [0.717, 1.165) is 63.8 Å². The molecule has 0 spiro atoms. The van der Waals surface area contributed by atoms with Crippen molar-refractivity contribution < 1.29 is 9.47 Å². The van der Waals surface area contributed by atoms with Gasteiger partial charge in [0.25, 0.3) is 0 Å². The minimum absolute atomic E-state index is 0. The fraction of sp³-hybridized carbons (Fsp3) is 0.579. The van der Waals surface area contributed by atoms with E-state index in [9.17, 15) is 0 Å². The topological polar surface area (TPSA) is 78.7 Å². The molecular formula is C19H29IN4O2. The average Bonchev–Trinajstić information content (AvgIpc) is 2.68. The number of ether oxygens (including phenoxy) is 2. The van der Waals surface area contributed by atoms with Crippen LogP contribution in [0.2, 0.25) is 0 Å². The number of benzene rings is 1. The Bertz CT molecular complexity index is 566. The Labute approximate surface area is 173 Å². The molecule has 1 aromatic carbocycles. The van der Waals surface area contributed by atoms with Gasteiger partial charge in [0.1, 0.15) is 0 Å². The van der Waals surface area contributed by atoms with Crippen LogP contribution in [0.25, 0.3) is 0 Å². The summed E-state index contributed by atoms with van der Waals surface area (Å²) >= 11 is 0. The third kappa shape index (κ3) is 8.83. The molecule has 2 rings (SSSR count). The number of guanidine groups is 1. The summed E-state index contributed by atoms with van der Waals surface area (Å²) in [5.41, 5.74) is 1.79. The van der Waals surface area contributed by atoms with Gasteiger partial charge < -0.3 is 20.1 Å². The molecule has 0 saturated carbocycles. The van der Waals surface area contributed by atoms with Crippen LogP contribution in [0.1, 0.15) is 30.4 Å². The highest BCUT2D eigenvalue weighted by Gasteiger charge is 2.13. The SMILES string of the molecule is CN=C(NCCCOCC1CCOCC1)NCc1ccc(C#N)cc1.I. The lowest BCUT2D eigenvalue weighted by atomic mass is 10.0. The Hall–Kier alpha value is -1.37. The Morgan fingerprint density at radius 3 is 2.65 bits per heavy atom. The summed E-state index contributed by atoms with van der Waals surface area (Å²) in [7, 11) is 1.76. The van der Waals surface area contributed by atoms with E-state index in [2.05, 4.69) is 21.7 Å². The third-order valence-corrected chi connectivity index (χ3v) is 4.22. The molecule has 0 aromatic heterocycles. The summed E-state index contributed by atoms with van der Waals surface area (Å²) in [6.07, 6.45) is 3.18. The third-order valence-electron chi connectivity index (χ3n) is 4.22. The Morgan fingerprint density at radius 1 is 1.27 bits per heavy atom. The van der Waals surface area contributed by atoms with Crippen LogP contribution in [0.4, 0.5) is 0 Å². The second-order valence-electron chi connectivity index (χ2n) is 6.15. The van der Waals surface area contributed by atoms with Crippen LogP contribution >= 0.6 is 24.0 Å². The molecule has 2 N–H and O–H groups in total. The van der Waals surface area contributed by atoms with Crippen molar-refractivity contribution in [1.82, 2.24) is 10.6 Å². The fourth-order valence-electron chi connectivity index (χ4n) is 2.65. The predicted molar refractivity (Wildman–Crippen MR) is 114 cm³/mol. The molecule has 7 heteroatoms. The van der Waals surface area contributed by atoms with Gasteiger partial charge in [0.15, 0.2) is 5.96 Å². The molecule has 1 fully saturated rings. The maximum Gasteiger partial charge on any atom is 0.191 e. The first-order chi connectivity index (χ1) is 12.3. The molecule has 1 heterocycles. The van der Waals surface area contributed by atoms with E-state index in [4.69, 9.17) is 14.7 Å². The van der Waals surface area contributed by atoms with E-state index in [-0.39, 0.29) is 24.0 Å². The summed E-state index contributed by atoms with van der Waals surface area (Å²) in [5.74, 6) is 1.43. The highest BCUT2D eigenvalue weighted by Crippen LogP contribution is 2.14. The van der Waals surface area contributed by atoms with Crippen molar-refractivity contribution in [2.75, 3.05) is 40.0 Å². The molecule has 0 aliphatic carbocycles. The molecule has 6 nitrogen and oxygen atoms in total. The second kappa shape index (κ2) is 13.8. The molecule has 0 radical (unpaired) electrons. The lowest BCUT2D eigenvalue weighted by molar-refractivity contribution is 0.0203. The first-order valence-corrected chi connectivity index (χ1v) is 8.91. The van der Waals surface area contributed by atoms with Crippen LogP contribution in [0.3, 0.4) is 0 Å². The highest BCUT2D eigenvalue weighted by atomic mass is 127. The number of nitrogens with zero attached hydrogens (tertiary/aromatic N) is 2. The van der Waals surface area contributed by atoms with Crippen LogP contribution < -0.4 is 10.6 Å². The van der Waals surface area contributed by atoms with E-state index < -0.39 is 0 Å². The highest BCUT2D eigenvalue weighted by molar-refractivity contribution is 14.0. The van der Waals surface area contributed by atoms with E-state index >= 15 is 0 Å². The zero-order chi connectivity index (χ0) is 17.7. The molecule has 1 aliphatic rings. The first-order valence-electron chi connectivity index (χ1n) is 8.91. The average molecular weight is 472 g/mol. The van der Waals surface area contributed by atoms with Crippen LogP contribution in [0.5, 0.6) is 0 Å². The summed E-state index contributed by atoms with van der Waals surface area (Å²) < 4.78 is 11.1. The summed E-state index contributed by atoms with van der Waals surface area (Å²) in [6, 6.07) is 9.66. The van der Waals surface area contributed by atoms with Crippen LogP contribution in [0, 0.1) is 17.2 Å². The van der Waals surface area contributed by atoms with Gasteiger partial charge in [-0.25, -0.2) is 0 Å². The fourth-order valence-corrected chi connectivity index (χ4v) is 2.65. The van der Waals surface area contributed by atoms with Gasteiger partial charge in [-0.2, -0.15) is 5.26 Å². The van der Waals surface area contributed by atoms with Crippen molar-refractivity contribution in [2.24, 2.45) is 10.9 Å². The Kier molecular flexibility index (Phi) is 12.0. The van der Waals surface area contributed by atoms with E-state index in [1.165, 1.54) is 0 Å². The monoisotopic (exact) mass is 472 g/mol. The van der Waals surface area contributed by atoms with E-state index in [1.54, 1.807) is 7.05 Å². The molecular weight excluding hydrogens is 443 g/mol.